The lowest BCUT2D eigenvalue weighted by Gasteiger charge is -2.33. The van der Waals surface area contributed by atoms with Crippen LogP contribution in [0, 0.1) is 23.2 Å². The van der Waals surface area contributed by atoms with Crippen LogP contribution < -0.4 is 4.90 Å². The summed E-state index contributed by atoms with van der Waals surface area (Å²) in [6.07, 6.45) is 5.76. The van der Waals surface area contributed by atoms with Gasteiger partial charge in [0.15, 0.2) is 0 Å². The van der Waals surface area contributed by atoms with Crippen molar-refractivity contribution in [2.45, 2.75) is 57.6 Å². The first-order valence-corrected chi connectivity index (χ1v) is 16.0. The number of benzene rings is 2. The molecule has 206 valence electrons. The number of ether oxygens (including phenoxy) is 1. The van der Waals surface area contributed by atoms with Crippen LogP contribution in [0.5, 0.6) is 0 Å². The first kappa shape index (κ1) is 26.3. The van der Waals surface area contributed by atoms with Gasteiger partial charge in [-0.25, -0.2) is 4.79 Å². The molecule has 2 aliphatic carbocycles. The lowest BCUT2D eigenvalue weighted by Crippen LogP contribution is -2.35. The summed E-state index contributed by atoms with van der Waals surface area (Å²) < 4.78 is 5.37. The van der Waals surface area contributed by atoms with E-state index in [9.17, 15) is 10.1 Å². The summed E-state index contributed by atoms with van der Waals surface area (Å²) in [5, 5.41) is 9.50. The number of rotatable bonds is 5. The molecule has 4 aromatic rings. The molecular formula is C35H32N2O2S2. The van der Waals surface area contributed by atoms with E-state index in [1.807, 2.05) is 12.1 Å². The Bertz CT molecular complexity index is 1700. The average molecular weight is 577 g/mol. The molecule has 2 aromatic carbocycles. The minimum Gasteiger partial charge on any atom is -0.456 e. The second-order valence-corrected chi connectivity index (χ2v) is 14.6. The normalized spacial score (nSPS) is 22.9. The van der Waals surface area contributed by atoms with Gasteiger partial charge in [0.2, 0.25) is 0 Å². The molecule has 1 aliphatic heterocycles. The third kappa shape index (κ3) is 4.71. The maximum atomic E-state index is 12.4. The van der Waals surface area contributed by atoms with E-state index in [4.69, 9.17) is 4.74 Å². The SMILES string of the molecule is CC(C)(C)OC(=O)/C(C#N)=C/c1ccc(-c2ccc(-c3ccc(N4c5ccccc5C5C6CCC(C6)C54)cc3)s2)s1. The van der Waals surface area contributed by atoms with Gasteiger partial charge in [-0.2, -0.15) is 5.26 Å². The first-order chi connectivity index (χ1) is 19.8. The number of nitrogens with zero attached hydrogens (tertiary/aromatic N) is 2. The van der Waals surface area contributed by atoms with Gasteiger partial charge in [-0.05, 0) is 112 Å². The van der Waals surface area contributed by atoms with Crippen molar-refractivity contribution in [2.24, 2.45) is 11.8 Å². The van der Waals surface area contributed by atoms with Crippen molar-refractivity contribution in [2.75, 3.05) is 4.90 Å². The van der Waals surface area contributed by atoms with E-state index in [1.54, 1.807) is 55.1 Å². The zero-order valence-corrected chi connectivity index (χ0v) is 25.1. The summed E-state index contributed by atoms with van der Waals surface area (Å²) in [6, 6.07) is 29.1. The van der Waals surface area contributed by atoms with Gasteiger partial charge in [0.05, 0.1) is 0 Å². The van der Waals surface area contributed by atoms with Gasteiger partial charge in [-0.1, -0.05) is 30.3 Å². The van der Waals surface area contributed by atoms with Crippen LogP contribution in [0.1, 0.15) is 56.4 Å². The maximum Gasteiger partial charge on any atom is 0.349 e. The van der Waals surface area contributed by atoms with Crippen LogP contribution in [0.4, 0.5) is 11.4 Å². The highest BCUT2D eigenvalue weighted by atomic mass is 32.1. The number of fused-ring (bicyclic) bond motifs is 7. The van der Waals surface area contributed by atoms with E-state index in [0.717, 1.165) is 21.6 Å². The van der Waals surface area contributed by atoms with E-state index in [0.29, 0.717) is 12.0 Å². The van der Waals surface area contributed by atoms with Crippen LogP contribution in [-0.4, -0.2) is 17.6 Å². The molecule has 41 heavy (non-hydrogen) atoms. The second-order valence-electron chi connectivity index (χ2n) is 12.4. The number of anilines is 2. The minimum atomic E-state index is -0.642. The van der Waals surface area contributed by atoms with Crippen molar-refractivity contribution in [1.82, 2.24) is 0 Å². The maximum absolute atomic E-state index is 12.4. The number of carbonyl (C=O) groups is 1. The molecule has 0 N–H and O–H groups in total. The number of carbonyl (C=O) groups excluding carboxylic acids is 1. The summed E-state index contributed by atoms with van der Waals surface area (Å²) in [5.41, 5.74) is 4.84. The number of para-hydroxylation sites is 1. The topological polar surface area (TPSA) is 53.3 Å². The number of esters is 1. The fourth-order valence-electron chi connectivity index (χ4n) is 7.12. The monoisotopic (exact) mass is 576 g/mol. The van der Waals surface area contributed by atoms with Crippen molar-refractivity contribution in [1.29, 1.82) is 5.26 Å². The van der Waals surface area contributed by atoms with Gasteiger partial charge >= 0.3 is 5.97 Å². The van der Waals surface area contributed by atoms with Crippen molar-refractivity contribution in [3.63, 3.8) is 0 Å². The van der Waals surface area contributed by atoms with Gasteiger partial charge in [0.1, 0.15) is 17.2 Å². The average Bonchev–Trinajstić information content (AvgIpc) is 3.78. The van der Waals surface area contributed by atoms with E-state index in [2.05, 4.69) is 71.6 Å². The lowest BCUT2D eigenvalue weighted by molar-refractivity contribution is -0.149. The van der Waals surface area contributed by atoms with Gasteiger partial charge in [-0.15, -0.1) is 22.7 Å². The van der Waals surface area contributed by atoms with E-state index in [1.165, 1.54) is 46.0 Å². The third-order valence-electron chi connectivity index (χ3n) is 8.66. The molecule has 2 aromatic heterocycles. The Balaban J connectivity index is 1.11. The van der Waals surface area contributed by atoms with E-state index in [-0.39, 0.29) is 5.57 Å². The largest absolute Gasteiger partial charge is 0.456 e. The van der Waals surface area contributed by atoms with Gasteiger partial charge < -0.3 is 9.64 Å². The summed E-state index contributed by atoms with van der Waals surface area (Å²) in [7, 11) is 0. The highest BCUT2D eigenvalue weighted by Gasteiger charge is 2.55. The Hall–Kier alpha value is -3.66. The minimum absolute atomic E-state index is 0.0117. The molecule has 2 fully saturated rings. The Morgan fingerprint density at radius 3 is 2.41 bits per heavy atom. The number of hydrogen-bond donors (Lipinski definition) is 0. The molecule has 4 nitrogen and oxygen atoms in total. The van der Waals surface area contributed by atoms with Gasteiger partial charge in [0, 0.05) is 42.8 Å². The number of thiophene rings is 2. The van der Waals surface area contributed by atoms with Crippen LogP contribution in [0.25, 0.3) is 26.3 Å². The Morgan fingerprint density at radius 2 is 1.63 bits per heavy atom. The fraction of sp³-hybridized carbons (Fsp3) is 0.314. The fourth-order valence-corrected chi connectivity index (χ4v) is 9.17. The zero-order chi connectivity index (χ0) is 28.3. The highest BCUT2D eigenvalue weighted by molar-refractivity contribution is 7.24. The molecule has 0 spiro atoms. The van der Waals surface area contributed by atoms with Crippen LogP contribution in [0.15, 0.2) is 78.4 Å². The molecule has 4 atom stereocenters. The Morgan fingerprint density at radius 1 is 0.927 bits per heavy atom. The molecule has 3 aliphatic rings. The molecule has 7 rings (SSSR count). The predicted molar refractivity (Wildman–Crippen MR) is 168 cm³/mol. The summed E-state index contributed by atoms with van der Waals surface area (Å²) >= 11 is 3.33. The quantitative estimate of drug-likeness (QED) is 0.135. The molecule has 4 unspecified atom stereocenters. The molecule has 2 saturated carbocycles. The molecule has 0 saturated heterocycles. The van der Waals surface area contributed by atoms with E-state index < -0.39 is 11.6 Å². The number of hydrogen-bond acceptors (Lipinski definition) is 6. The first-order valence-electron chi connectivity index (χ1n) is 14.3. The zero-order valence-electron chi connectivity index (χ0n) is 23.5. The molecule has 6 heteroatoms. The van der Waals surface area contributed by atoms with Crippen LogP contribution in [-0.2, 0) is 9.53 Å². The van der Waals surface area contributed by atoms with Crippen molar-refractivity contribution in [3.05, 3.63) is 88.8 Å². The van der Waals surface area contributed by atoms with Gasteiger partial charge in [0.25, 0.3) is 0 Å². The summed E-state index contributed by atoms with van der Waals surface area (Å²) in [5.74, 6) is 1.74. The summed E-state index contributed by atoms with van der Waals surface area (Å²) in [6.45, 7) is 5.39. The van der Waals surface area contributed by atoms with E-state index >= 15 is 0 Å². The van der Waals surface area contributed by atoms with Crippen molar-refractivity contribution < 1.29 is 9.53 Å². The van der Waals surface area contributed by atoms with Crippen LogP contribution >= 0.6 is 22.7 Å². The molecule has 3 heterocycles. The standard InChI is InChI=1S/C35H32N2O2S2/c1-35(2,3)39-34(38)24(20-36)19-26-14-15-30(40-26)31-17-16-29(41-31)21-10-12-25(13-11-21)37-28-7-5-4-6-27(28)32-22-8-9-23(18-22)33(32)37/h4-7,10-17,19,22-23,32-33H,8-9,18H2,1-3H3/b24-19+. The van der Waals surface area contributed by atoms with Crippen LogP contribution in [0.3, 0.4) is 0 Å². The molecular weight excluding hydrogens is 545 g/mol. The molecule has 0 radical (unpaired) electrons. The third-order valence-corrected chi connectivity index (χ3v) is 11.0. The highest BCUT2D eigenvalue weighted by Crippen LogP contribution is 2.62. The van der Waals surface area contributed by atoms with Crippen LogP contribution in [0.2, 0.25) is 0 Å². The lowest BCUT2D eigenvalue weighted by atomic mass is 9.82. The van der Waals surface area contributed by atoms with Crippen molar-refractivity contribution in [3.8, 4) is 26.3 Å². The van der Waals surface area contributed by atoms with Gasteiger partial charge in [-0.3, -0.25) is 0 Å². The Kier molecular flexibility index (Phi) is 6.41. The molecule has 2 bridgehead atoms. The molecule has 0 amide bonds. The second kappa shape index (κ2) is 10.0. The Labute approximate surface area is 249 Å². The smallest absolute Gasteiger partial charge is 0.349 e. The summed E-state index contributed by atoms with van der Waals surface area (Å²) in [4.78, 5) is 19.4. The van der Waals surface area contributed by atoms with Crippen molar-refractivity contribution >= 4 is 46.1 Å². The number of nitriles is 1. The predicted octanol–water partition coefficient (Wildman–Crippen LogP) is 9.43.